The summed E-state index contributed by atoms with van der Waals surface area (Å²) in [6, 6.07) is 0.920. The van der Waals surface area contributed by atoms with Gasteiger partial charge in [0.15, 0.2) is 0 Å². The molecule has 1 aliphatic carbocycles. The first-order valence-electron chi connectivity index (χ1n) is 10.0. The molecule has 1 saturated heterocycles. The Labute approximate surface area is 161 Å². The van der Waals surface area contributed by atoms with E-state index in [2.05, 4.69) is 24.7 Å². The Kier molecular flexibility index (Phi) is 4.10. The lowest BCUT2D eigenvalue weighted by Gasteiger charge is -2.33. The molecule has 5 rings (SSSR count). The summed E-state index contributed by atoms with van der Waals surface area (Å²) >= 11 is 0. The Bertz CT molecular complexity index is 869. The van der Waals surface area contributed by atoms with E-state index < -0.39 is 11.9 Å². The van der Waals surface area contributed by atoms with Crippen molar-refractivity contribution in [3.63, 3.8) is 0 Å². The van der Waals surface area contributed by atoms with E-state index in [1.807, 2.05) is 4.90 Å². The zero-order chi connectivity index (χ0) is 19.4. The van der Waals surface area contributed by atoms with Gasteiger partial charge in [0.2, 0.25) is 5.95 Å². The molecule has 2 aromatic rings. The van der Waals surface area contributed by atoms with Crippen molar-refractivity contribution in [2.45, 2.75) is 63.6 Å². The van der Waals surface area contributed by atoms with Crippen molar-refractivity contribution in [2.24, 2.45) is 5.41 Å². The maximum absolute atomic E-state index is 12.9. The number of halogens is 3. The third kappa shape index (κ3) is 3.04. The molecule has 2 aliphatic heterocycles. The van der Waals surface area contributed by atoms with Crippen molar-refractivity contribution < 1.29 is 13.2 Å². The number of nitrogens with zero attached hydrogens (tertiary/aromatic N) is 6. The molecule has 1 atom stereocenters. The van der Waals surface area contributed by atoms with E-state index in [1.165, 1.54) is 25.5 Å². The number of rotatable bonds is 2. The van der Waals surface area contributed by atoms with Gasteiger partial charge in [-0.3, -0.25) is 0 Å². The highest BCUT2D eigenvalue weighted by Gasteiger charge is 2.57. The average molecular weight is 392 g/mol. The smallest absolute Gasteiger partial charge is 0.341 e. The van der Waals surface area contributed by atoms with E-state index in [0.717, 1.165) is 49.9 Å². The Morgan fingerprint density at radius 3 is 2.64 bits per heavy atom. The molecular weight excluding hydrogens is 369 g/mol. The summed E-state index contributed by atoms with van der Waals surface area (Å²) in [5.74, 6) is 2.85. The number of piperidine rings is 1. The van der Waals surface area contributed by atoms with Gasteiger partial charge in [0.05, 0.1) is 0 Å². The van der Waals surface area contributed by atoms with Crippen LogP contribution >= 0.6 is 0 Å². The second-order valence-corrected chi connectivity index (χ2v) is 8.28. The van der Waals surface area contributed by atoms with Crippen LogP contribution in [-0.2, 0) is 19.1 Å². The number of alkyl halides is 3. The number of fused-ring (bicyclic) bond motifs is 1. The molecule has 1 spiro atoms. The molecule has 3 aliphatic rings. The number of anilines is 1. The lowest BCUT2D eigenvalue weighted by molar-refractivity contribution is -0.141. The van der Waals surface area contributed by atoms with Gasteiger partial charge in [0.25, 0.3) is 0 Å². The van der Waals surface area contributed by atoms with Crippen molar-refractivity contribution >= 4 is 5.95 Å². The standard InChI is InChI=1S/C19H23F3N6/c20-19(21,22)14-5-8-23-17(24-14)27-10-6-18(7-11-27)12-13(18)16-26-25-15-4-2-1-3-9-28(15)16/h5,8,13H,1-4,6-7,9-12H2/t13-/m1/s1. The van der Waals surface area contributed by atoms with Crippen LogP contribution in [0.5, 0.6) is 0 Å². The molecule has 150 valence electrons. The quantitative estimate of drug-likeness (QED) is 0.782. The fourth-order valence-corrected chi connectivity index (χ4v) is 4.84. The van der Waals surface area contributed by atoms with Crippen LogP contribution in [0.4, 0.5) is 19.1 Å². The van der Waals surface area contributed by atoms with Gasteiger partial charge in [0.1, 0.15) is 17.3 Å². The number of aromatic nitrogens is 5. The van der Waals surface area contributed by atoms with Gasteiger partial charge in [-0.25, -0.2) is 9.97 Å². The van der Waals surface area contributed by atoms with Crippen molar-refractivity contribution in [3.05, 3.63) is 29.6 Å². The molecule has 6 nitrogen and oxygen atoms in total. The first-order chi connectivity index (χ1) is 13.5. The molecule has 0 bridgehead atoms. The normalized spacial score (nSPS) is 24.1. The minimum absolute atomic E-state index is 0.179. The molecule has 0 aromatic carbocycles. The first-order valence-corrected chi connectivity index (χ1v) is 10.0. The molecule has 0 radical (unpaired) electrons. The van der Waals surface area contributed by atoms with Crippen LogP contribution in [0.25, 0.3) is 0 Å². The van der Waals surface area contributed by atoms with Gasteiger partial charge in [0, 0.05) is 38.2 Å². The third-order valence-electron chi connectivity index (χ3n) is 6.61. The van der Waals surface area contributed by atoms with Crippen molar-refractivity contribution in [2.75, 3.05) is 18.0 Å². The van der Waals surface area contributed by atoms with Crippen LogP contribution in [0.15, 0.2) is 12.3 Å². The molecule has 9 heteroatoms. The second kappa shape index (κ2) is 6.42. The fourth-order valence-electron chi connectivity index (χ4n) is 4.84. The Balaban J connectivity index is 1.28. The highest BCUT2D eigenvalue weighted by molar-refractivity contribution is 5.34. The summed E-state index contributed by atoms with van der Waals surface area (Å²) in [6.45, 7) is 2.37. The Morgan fingerprint density at radius 2 is 1.86 bits per heavy atom. The van der Waals surface area contributed by atoms with Gasteiger partial charge in [-0.15, -0.1) is 10.2 Å². The predicted octanol–water partition coefficient (Wildman–Crippen LogP) is 3.59. The summed E-state index contributed by atoms with van der Waals surface area (Å²) < 4.78 is 41.1. The Morgan fingerprint density at radius 1 is 1.04 bits per heavy atom. The SMILES string of the molecule is FC(F)(F)c1ccnc(N2CCC3(CC2)C[C@@H]3c2nnc3n2CCCCC3)n1. The minimum atomic E-state index is -4.44. The first kappa shape index (κ1) is 17.9. The Hall–Kier alpha value is -2.19. The van der Waals surface area contributed by atoms with E-state index >= 15 is 0 Å². The molecule has 0 amide bonds. The summed E-state index contributed by atoms with van der Waals surface area (Å²) in [7, 11) is 0. The van der Waals surface area contributed by atoms with E-state index in [1.54, 1.807) is 0 Å². The highest BCUT2D eigenvalue weighted by Crippen LogP contribution is 2.64. The van der Waals surface area contributed by atoms with Crippen molar-refractivity contribution in [3.8, 4) is 0 Å². The third-order valence-corrected chi connectivity index (χ3v) is 6.61. The van der Waals surface area contributed by atoms with Gasteiger partial charge in [-0.05, 0) is 43.6 Å². The summed E-state index contributed by atoms with van der Waals surface area (Å²) in [6.07, 6.45) is 4.32. The van der Waals surface area contributed by atoms with E-state index in [9.17, 15) is 13.2 Å². The van der Waals surface area contributed by atoms with Crippen LogP contribution in [0, 0.1) is 5.41 Å². The van der Waals surface area contributed by atoms with Crippen molar-refractivity contribution in [1.29, 1.82) is 0 Å². The lowest BCUT2D eigenvalue weighted by atomic mass is 9.90. The van der Waals surface area contributed by atoms with E-state index in [4.69, 9.17) is 0 Å². The van der Waals surface area contributed by atoms with Gasteiger partial charge in [-0.2, -0.15) is 13.2 Å². The molecule has 1 saturated carbocycles. The van der Waals surface area contributed by atoms with Crippen LogP contribution in [-0.4, -0.2) is 37.8 Å². The van der Waals surface area contributed by atoms with Crippen LogP contribution in [0.3, 0.4) is 0 Å². The highest BCUT2D eigenvalue weighted by atomic mass is 19.4. The molecule has 0 N–H and O–H groups in total. The van der Waals surface area contributed by atoms with Crippen LogP contribution in [0.2, 0.25) is 0 Å². The summed E-state index contributed by atoms with van der Waals surface area (Å²) in [5, 5.41) is 8.94. The minimum Gasteiger partial charge on any atom is -0.341 e. The van der Waals surface area contributed by atoms with Crippen LogP contribution < -0.4 is 4.90 Å². The number of hydrogen-bond donors (Lipinski definition) is 0. The van der Waals surface area contributed by atoms with E-state index in [-0.39, 0.29) is 11.4 Å². The molecule has 0 unspecified atom stereocenters. The predicted molar refractivity (Wildman–Crippen MR) is 95.8 cm³/mol. The maximum Gasteiger partial charge on any atom is 0.433 e. The molecule has 4 heterocycles. The van der Waals surface area contributed by atoms with Crippen LogP contribution in [0.1, 0.15) is 61.8 Å². The summed E-state index contributed by atoms with van der Waals surface area (Å²) in [4.78, 5) is 9.68. The zero-order valence-corrected chi connectivity index (χ0v) is 15.6. The monoisotopic (exact) mass is 392 g/mol. The number of hydrogen-bond acceptors (Lipinski definition) is 5. The van der Waals surface area contributed by atoms with E-state index in [0.29, 0.717) is 19.0 Å². The van der Waals surface area contributed by atoms with Gasteiger partial charge >= 0.3 is 6.18 Å². The second-order valence-electron chi connectivity index (χ2n) is 8.28. The number of aryl methyl sites for hydroxylation is 1. The van der Waals surface area contributed by atoms with Gasteiger partial charge < -0.3 is 9.47 Å². The largest absolute Gasteiger partial charge is 0.433 e. The molecular formula is C19H23F3N6. The lowest BCUT2D eigenvalue weighted by Crippen LogP contribution is -2.36. The average Bonchev–Trinajstić information content (AvgIpc) is 3.31. The van der Waals surface area contributed by atoms with Gasteiger partial charge in [-0.1, -0.05) is 6.42 Å². The molecule has 28 heavy (non-hydrogen) atoms. The summed E-state index contributed by atoms with van der Waals surface area (Å²) in [5.41, 5.74) is -0.665. The van der Waals surface area contributed by atoms with Crippen molar-refractivity contribution in [1.82, 2.24) is 24.7 Å². The molecule has 2 aromatic heterocycles. The fraction of sp³-hybridized carbons (Fsp3) is 0.684. The topological polar surface area (TPSA) is 59.7 Å². The molecule has 2 fully saturated rings. The maximum atomic E-state index is 12.9. The zero-order valence-electron chi connectivity index (χ0n) is 15.6.